The van der Waals surface area contributed by atoms with Gasteiger partial charge in [0.15, 0.2) is 5.78 Å². The van der Waals surface area contributed by atoms with Gasteiger partial charge in [-0.05, 0) is 61.6 Å². The van der Waals surface area contributed by atoms with Gasteiger partial charge in [0, 0.05) is 18.2 Å². The summed E-state index contributed by atoms with van der Waals surface area (Å²) in [6.45, 7) is 4.23. The van der Waals surface area contributed by atoms with E-state index < -0.39 is 41.8 Å². The molecule has 1 atom stereocenters. The van der Waals surface area contributed by atoms with Crippen LogP contribution < -0.4 is 15.7 Å². The maximum Gasteiger partial charge on any atom is 0.408 e. The fourth-order valence-electron chi connectivity index (χ4n) is 3.21. The molecule has 1 aromatic heterocycles. The number of allylic oxidation sites excluding steroid dienone is 2. The van der Waals surface area contributed by atoms with Crippen LogP contribution in [0.4, 0.5) is 13.6 Å². The Morgan fingerprint density at radius 2 is 1.97 bits per heavy atom. The third-order valence-electron chi connectivity index (χ3n) is 5.10. The van der Waals surface area contributed by atoms with Gasteiger partial charge < -0.3 is 19.4 Å². The second-order valence-electron chi connectivity index (χ2n) is 7.90. The number of rotatable bonds is 11. The van der Waals surface area contributed by atoms with Crippen LogP contribution in [0.2, 0.25) is 0 Å². The highest BCUT2D eigenvalue weighted by molar-refractivity contribution is 6.12. The van der Waals surface area contributed by atoms with Gasteiger partial charge in [0.2, 0.25) is 0 Å². The maximum absolute atomic E-state index is 12.9. The van der Waals surface area contributed by atoms with Crippen LogP contribution in [-0.2, 0) is 0 Å². The maximum atomic E-state index is 12.9. The second-order valence-corrected chi connectivity index (χ2v) is 7.90. The summed E-state index contributed by atoms with van der Waals surface area (Å²) < 4.78 is 34.9. The standard InChI is InChI=1S/C25H27F2NO7/c1-14(6-4-5-9-28-25(32)33)20-12-19(29)22(24(31)35-20)23(30)16(3)10-17-7-8-18(11-15(17)2)34-13-21(26)27/h5,7-12,14,21,28-29H,4,6,13H2,1-3H3,(H,32,33)/b9-5+,16-10?. The molecule has 35 heavy (non-hydrogen) atoms. The van der Waals surface area contributed by atoms with Crippen LogP contribution >= 0.6 is 0 Å². The molecule has 0 aliphatic heterocycles. The number of hydrogen-bond acceptors (Lipinski definition) is 6. The Morgan fingerprint density at radius 3 is 2.57 bits per heavy atom. The molecule has 1 amide bonds. The summed E-state index contributed by atoms with van der Waals surface area (Å²) in [4.78, 5) is 35.8. The van der Waals surface area contributed by atoms with Crippen molar-refractivity contribution < 1.29 is 37.7 Å². The monoisotopic (exact) mass is 491 g/mol. The number of nitrogens with one attached hydrogen (secondary N) is 1. The summed E-state index contributed by atoms with van der Waals surface area (Å²) in [7, 11) is 0. The first kappa shape index (κ1) is 27.3. The van der Waals surface area contributed by atoms with E-state index >= 15 is 0 Å². The zero-order chi connectivity index (χ0) is 26.1. The van der Waals surface area contributed by atoms with Gasteiger partial charge in [-0.25, -0.2) is 18.4 Å². The number of ether oxygens (including phenoxy) is 1. The molecule has 1 aromatic carbocycles. The summed E-state index contributed by atoms with van der Waals surface area (Å²) in [5.41, 5.74) is -0.0273. The fraction of sp³-hybridized carbons (Fsp3) is 0.320. The van der Waals surface area contributed by atoms with Crippen LogP contribution in [-0.4, -0.2) is 35.1 Å². The average molecular weight is 491 g/mol. The molecule has 0 bridgehead atoms. The number of hydrogen-bond donors (Lipinski definition) is 3. The van der Waals surface area contributed by atoms with Crippen molar-refractivity contribution in [2.24, 2.45) is 0 Å². The van der Waals surface area contributed by atoms with Crippen molar-refractivity contribution in [2.45, 2.75) is 46.0 Å². The molecule has 0 spiro atoms. The smallest absolute Gasteiger partial charge is 0.408 e. The van der Waals surface area contributed by atoms with Crippen LogP contribution in [0, 0.1) is 6.92 Å². The van der Waals surface area contributed by atoms with E-state index in [2.05, 4.69) is 5.32 Å². The van der Waals surface area contributed by atoms with E-state index in [4.69, 9.17) is 14.3 Å². The third kappa shape index (κ3) is 8.09. The van der Waals surface area contributed by atoms with Crippen LogP contribution in [0.25, 0.3) is 6.08 Å². The van der Waals surface area contributed by atoms with Gasteiger partial charge in [0.25, 0.3) is 6.43 Å². The molecule has 0 aliphatic rings. The van der Waals surface area contributed by atoms with E-state index in [1.54, 1.807) is 32.1 Å². The molecule has 0 fully saturated rings. The number of carbonyl (C=O) groups is 2. The molecule has 0 radical (unpaired) electrons. The molecular weight excluding hydrogens is 464 g/mol. The van der Waals surface area contributed by atoms with Gasteiger partial charge in [-0.15, -0.1) is 0 Å². The molecule has 0 saturated carbocycles. The molecule has 188 valence electrons. The van der Waals surface area contributed by atoms with E-state index in [1.807, 2.05) is 0 Å². The number of alkyl halides is 2. The highest BCUT2D eigenvalue weighted by atomic mass is 19.3. The van der Waals surface area contributed by atoms with Crippen molar-refractivity contribution in [2.75, 3.05) is 6.61 Å². The molecule has 3 N–H and O–H groups in total. The van der Waals surface area contributed by atoms with Crippen molar-refractivity contribution in [3.63, 3.8) is 0 Å². The number of carbonyl (C=O) groups excluding carboxylic acids is 1. The van der Waals surface area contributed by atoms with Crippen LogP contribution in [0.1, 0.15) is 59.9 Å². The summed E-state index contributed by atoms with van der Waals surface area (Å²) in [6, 6.07) is 5.88. The summed E-state index contributed by atoms with van der Waals surface area (Å²) >= 11 is 0. The lowest BCUT2D eigenvalue weighted by atomic mass is 9.98. The zero-order valence-electron chi connectivity index (χ0n) is 19.5. The van der Waals surface area contributed by atoms with E-state index in [-0.39, 0.29) is 23.0 Å². The number of ketones is 1. The minimum Gasteiger partial charge on any atom is -0.507 e. The first-order valence-electron chi connectivity index (χ1n) is 10.8. The van der Waals surface area contributed by atoms with E-state index in [0.717, 1.165) is 0 Å². The molecule has 8 nitrogen and oxygen atoms in total. The Bertz CT molecular complexity index is 1180. The average Bonchev–Trinajstić information content (AvgIpc) is 2.77. The predicted molar refractivity (Wildman–Crippen MR) is 125 cm³/mol. The van der Waals surface area contributed by atoms with Gasteiger partial charge in [-0.3, -0.25) is 10.1 Å². The molecule has 10 heteroatoms. The van der Waals surface area contributed by atoms with Crippen LogP contribution in [0.15, 0.2) is 51.3 Å². The third-order valence-corrected chi connectivity index (χ3v) is 5.10. The number of carboxylic acid groups (broad SMARTS) is 1. The number of aryl methyl sites for hydroxylation is 1. The Hall–Kier alpha value is -3.95. The number of Topliss-reactive ketones (excluding diaryl/α,β-unsaturated/α-hetero) is 1. The lowest BCUT2D eigenvalue weighted by Gasteiger charge is -2.11. The predicted octanol–water partition coefficient (Wildman–Crippen LogP) is 5.25. The van der Waals surface area contributed by atoms with Gasteiger partial charge in [0.05, 0.1) is 0 Å². The van der Waals surface area contributed by atoms with E-state index in [0.29, 0.717) is 24.0 Å². The van der Waals surface area contributed by atoms with Crippen molar-refractivity contribution in [1.82, 2.24) is 5.32 Å². The molecule has 2 rings (SSSR count). The van der Waals surface area contributed by atoms with Gasteiger partial charge in [0.1, 0.15) is 29.4 Å². The number of amides is 1. The van der Waals surface area contributed by atoms with Crippen molar-refractivity contribution in [3.05, 3.63) is 75.0 Å². The minimum atomic E-state index is -2.60. The largest absolute Gasteiger partial charge is 0.507 e. The molecule has 1 unspecified atom stereocenters. The lowest BCUT2D eigenvalue weighted by molar-refractivity contribution is 0.0818. The van der Waals surface area contributed by atoms with Crippen LogP contribution in [0.5, 0.6) is 11.5 Å². The topological polar surface area (TPSA) is 126 Å². The van der Waals surface area contributed by atoms with Gasteiger partial charge in [-0.2, -0.15) is 0 Å². The number of benzene rings is 1. The molecule has 2 aromatic rings. The number of halogens is 2. The highest BCUT2D eigenvalue weighted by Gasteiger charge is 2.22. The summed E-state index contributed by atoms with van der Waals surface area (Å²) in [5.74, 6) is -1.04. The van der Waals surface area contributed by atoms with Crippen molar-refractivity contribution in [1.29, 1.82) is 0 Å². The quantitative estimate of drug-likeness (QED) is 0.290. The first-order chi connectivity index (χ1) is 16.5. The molecule has 0 aliphatic carbocycles. The molecular formula is C25H27F2NO7. The Labute approximate surface area is 200 Å². The van der Waals surface area contributed by atoms with Crippen molar-refractivity contribution >= 4 is 18.0 Å². The summed E-state index contributed by atoms with van der Waals surface area (Å²) in [5, 5.41) is 21.0. The highest BCUT2D eigenvalue weighted by Crippen LogP contribution is 2.27. The van der Waals surface area contributed by atoms with E-state index in [1.165, 1.54) is 31.3 Å². The Morgan fingerprint density at radius 1 is 1.26 bits per heavy atom. The molecule has 1 heterocycles. The first-order valence-corrected chi connectivity index (χ1v) is 10.8. The minimum absolute atomic E-state index is 0.161. The molecule has 0 saturated heterocycles. The van der Waals surface area contributed by atoms with Gasteiger partial charge in [-0.1, -0.05) is 19.1 Å². The number of aromatic hydroxyl groups is 1. The zero-order valence-corrected chi connectivity index (χ0v) is 19.5. The SMILES string of the molecule is CC(=Cc1ccc(OCC(F)F)cc1C)C(=O)c1c(O)cc(C(C)CC/C=C/NC(=O)O)oc1=O. The fourth-order valence-corrected chi connectivity index (χ4v) is 3.21. The van der Waals surface area contributed by atoms with E-state index in [9.17, 15) is 28.3 Å². The normalized spacial score (nSPS) is 12.7. The van der Waals surface area contributed by atoms with Crippen molar-refractivity contribution in [3.8, 4) is 11.5 Å². The van der Waals surface area contributed by atoms with Gasteiger partial charge >= 0.3 is 11.7 Å². The summed E-state index contributed by atoms with van der Waals surface area (Å²) in [6.07, 6.45) is 1.62. The Kier molecular flexibility index (Phi) is 9.74. The second kappa shape index (κ2) is 12.5. The lowest BCUT2D eigenvalue weighted by Crippen LogP contribution is -2.16. The Balaban J connectivity index is 2.17. The van der Waals surface area contributed by atoms with Crippen LogP contribution in [0.3, 0.4) is 0 Å².